The van der Waals surface area contributed by atoms with Gasteiger partial charge >= 0.3 is 6.09 Å². The molecular formula is C20H39N5O3. The molecule has 0 aromatic rings. The Kier molecular flexibility index (Phi) is 7.20. The zero-order valence-corrected chi connectivity index (χ0v) is 18.7. The molecule has 0 spiro atoms. The number of aliphatic imine (C=N–C) groups is 1. The third-order valence-corrected chi connectivity index (χ3v) is 5.16. The van der Waals surface area contributed by atoms with Crippen LogP contribution in [0.3, 0.4) is 0 Å². The largest absolute Gasteiger partial charge is 0.444 e. The minimum Gasteiger partial charge on any atom is -0.444 e. The van der Waals surface area contributed by atoms with E-state index in [-0.39, 0.29) is 23.8 Å². The van der Waals surface area contributed by atoms with Crippen LogP contribution in [0.2, 0.25) is 0 Å². The predicted octanol–water partition coefficient (Wildman–Crippen LogP) is 1.74. The van der Waals surface area contributed by atoms with Gasteiger partial charge in [-0.1, -0.05) is 0 Å². The molecule has 162 valence electrons. The maximum absolute atomic E-state index is 12.2. The summed E-state index contributed by atoms with van der Waals surface area (Å²) in [6.45, 7) is 19.2. The van der Waals surface area contributed by atoms with Crippen LogP contribution in [0.5, 0.6) is 0 Å². The molecule has 2 rings (SSSR count). The van der Waals surface area contributed by atoms with Crippen LogP contribution in [0.4, 0.5) is 4.79 Å². The van der Waals surface area contributed by atoms with Crippen LogP contribution in [0, 0.1) is 0 Å². The Bertz CT molecular complexity index is 555. The molecule has 1 amide bonds. The number of piperazine rings is 1. The molecule has 2 fully saturated rings. The van der Waals surface area contributed by atoms with E-state index in [1.54, 1.807) is 4.90 Å². The molecule has 2 heterocycles. The lowest BCUT2D eigenvalue weighted by Crippen LogP contribution is -2.57. The summed E-state index contributed by atoms with van der Waals surface area (Å²) < 4.78 is 11.3. The van der Waals surface area contributed by atoms with Gasteiger partial charge < -0.3 is 25.0 Å². The van der Waals surface area contributed by atoms with Gasteiger partial charge in [0.05, 0.1) is 18.8 Å². The Morgan fingerprint density at radius 3 is 2.04 bits per heavy atom. The molecule has 0 aliphatic carbocycles. The van der Waals surface area contributed by atoms with Gasteiger partial charge in [-0.3, -0.25) is 9.89 Å². The number of hydrogen-bond donors (Lipinski definition) is 1. The van der Waals surface area contributed by atoms with Crippen molar-refractivity contribution in [2.75, 3.05) is 45.8 Å². The molecule has 2 unspecified atom stereocenters. The van der Waals surface area contributed by atoms with Crippen molar-refractivity contribution in [1.29, 1.82) is 0 Å². The van der Waals surface area contributed by atoms with E-state index in [1.807, 2.05) is 25.7 Å². The van der Waals surface area contributed by atoms with E-state index < -0.39 is 5.60 Å². The van der Waals surface area contributed by atoms with E-state index in [0.29, 0.717) is 38.7 Å². The van der Waals surface area contributed by atoms with Crippen LogP contribution in [0.1, 0.15) is 48.5 Å². The number of nitrogens with zero attached hydrogens (tertiary/aromatic N) is 4. The van der Waals surface area contributed by atoms with Crippen molar-refractivity contribution < 1.29 is 14.3 Å². The lowest BCUT2D eigenvalue weighted by Gasteiger charge is -2.44. The minimum atomic E-state index is -0.477. The van der Waals surface area contributed by atoms with E-state index in [2.05, 4.69) is 37.6 Å². The number of ether oxygens (including phenoxy) is 2. The Morgan fingerprint density at radius 2 is 1.54 bits per heavy atom. The highest BCUT2D eigenvalue weighted by Crippen LogP contribution is 2.21. The number of carbonyl (C=O) groups excluding carboxylic acids is 1. The van der Waals surface area contributed by atoms with Gasteiger partial charge in [0.2, 0.25) is 0 Å². The Morgan fingerprint density at radius 1 is 1.04 bits per heavy atom. The van der Waals surface area contributed by atoms with Gasteiger partial charge in [0.1, 0.15) is 5.60 Å². The zero-order chi connectivity index (χ0) is 21.1. The van der Waals surface area contributed by atoms with E-state index in [1.165, 1.54) is 0 Å². The Hall–Kier alpha value is -1.54. The van der Waals surface area contributed by atoms with E-state index in [0.717, 1.165) is 13.1 Å². The number of carbonyl (C=O) groups is 1. The average Bonchev–Trinajstić information content (AvgIpc) is 2.57. The smallest absolute Gasteiger partial charge is 0.410 e. The molecule has 0 aromatic carbocycles. The molecule has 0 bridgehead atoms. The average molecular weight is 398 g/mol. The second-order valence-electron chi connectivity index (χ2n) is 9.60. The molecular weight excluding hydrogens is 358 g/mol. The van der Waals surface area contributed by atoms with Gasteiger partial charge in [0.15, 0.2) is 5.96 Å². The third kappa shape index (κ3) is 6.51. The summed E-state index contributed by atoms with van der Waals surface area (Å²) in [6.07, 6.45) is 0.190. The van der Waals surface area contributed by atoms with Crippen molar-refractivity contribution in [2.24, 2.45) is 10.7 Å². The zero-order valence-electron chi connectivity index (χ0n) is 18.7. The highest BCUT2D eigenvalue weighted by Gasteiger charge is 2.33. The van der Waals surface area contributed by atoms with Gasteiger partial charge in [-0.2, -0.15) is 0 Å². The van der Waals surface area contributed by atoms with Crippen LogP contribution in [0.15, 0.2) is 4.99 Å². The maximum Gasteiger partial charge on any atom is 0.410 e. The second kappa shape index (κ2) is 8.86. The monoisotopic (exact) mass is 397 g/mol. The maximum atomic E-state index is 12.2. The van der Waals surface area contributed by atoms with Gasteiger partial charge in [-0.05, 0) is 48.5 Å². The summed E-state index contributed by atoms with van der Waals surface area (Å²) in [7, 11) is 0. The van der Waals surface area contributed by atoms with Crippen molar-refractivity contribution in [3.63, 3.8) is 0 Å². The highest BCUT2D eigenvalue weighted by atomic mass is 16.6. The molecule has 2 saturated heterocycles. The van der Waals surface area contributed by atoms with Gasteiger partial charge in [-0.25, -0.2) is 4.79 Å². The minimum absolute atomic E-state index is 0.0880. The number of hydrogen-bond acceptors (Lipinski definition) is 5. The number of guanidine groups is 1. The number of nitrogens with two attached hydrogens (primary N) is 1. The van der Waals surface area contributed by atoms with Crippen LogP contribution < -0.4 is 5.73 Å². The Balaban J connectivity index is 1.86. The molecule has 8 nitrogen and oxygen atoms in total. The predicted molar refractivity (Wildman–Crippen MR) is 112 cm³/mol. The third-order valence-electron chi connectivity index (χ3n) is 5.16. The molecule has 28 heavy (non-hydrogen) atoms. The molecule has 0 radical (unpaired) electrons. The molecule has 0 saturated carbocycles. The summed E-state index contributed by atoms with van der Waals surface area (Å²) in [4.78, 5) is 23.1. The van der Waals surface area contributed by atoms with Crippen LogP contribution in [-0.2, 0) is 9.47 Å². The van der Waals surface area contributed by atoms with E-state index in [9.17, 15) is 4.79 Å². The van der Waals surface area contributed by atoms with E-state index >= 15 is 0 Å². The van der Waals surface area contributed by atoms with Crippen LogP contribution in [-0.4, -0.2) is 95.9 Å². The molecule has 2 N–H and O–H groups in total. The SMILES string of the molecule is CC1CN(C(C)(C)CN=C(N)N2CCN(C(=O)OC(C)(C)C)CC2)CC(C)O1. The van der Waals surface area contributed by atoms with Crippen molar-refractivity contribution in [3.05, 3.63) is 0 Å². The fourth-order valence-corrected chi connectivity index (χ4v) is 3.59. The standard InChI is InChI=1S/C20H39N5O3/c1-15-12-25(13-16(2)27-15)20(6,7)14-22-17(21)23-8-10-24(11-9-23)18(26)28-19(3,4)5/h15-16H,8-14H2,1-7H3,(H2,21,22). The van der Waals surface area contributed by atoms with Gasteiger partial charge in [-0.15, -0.1) is 0 Å². The summed E-state index contributed by atoms with van der Waals surface area (Å²) in [5.41, 5.74) is 5.70. The first-order chi connectivity index (χ1) is 12.9. The molecule has 8 heteroatoms. The topological polar surface area (TPSA) is 83.6 Å². The normalized spacial score (nSPS) is 25.8. The van der Waals surface area contributed by atoms with Crippen molar-refractivity contribution in [3.8, 4) is 0 Å². The summed E-state index contributed by atoms with van der Waals surface area (Å²) >= 11 is 0. The summed E-state index contributed by atoms with van der Waals surface area (Å²) in [6, 6.07) is 0. The van der Waals surface area contributed by atoms with Crippen molar-refractivity contribution >= 4 is 12.1 Å². The number of amides is 1. The number of rotatable bonds is 3. The lowest BCUT2D eigenvalue weighted by atomic mass is 10.0. The first-order valence-electron chi connectivity index (χ1n) is 10.3. The highest BCUT2D eigenvalue weighted by molar-refractivity contribution is 5.78. The summed E-state index contributed by atoms with van der Waals surface area (Å²) in [5.74, 6) is 0.547. The van der Waals surface area contributed by atoms with Crippen LogP contribution >= 0.6 is 0 Å². The van der Waals surface area contributed by atoms with E-state index in [4.69, 9.17) is 15.2 Å². The summed E-state index contributed by atoms with van der Waals surface area (Å²) in [5, 5.41) is 0. The molecule has 2 aliphatic rings. The Labute approximate surface area is 170 Å². The van der Waals surface area contributed by atoms with Crippen molar-refractivity contribution in [1.82, 2.24) is 14.7 Å². The lowest BCUT2D eigenvalue weighted by molar-refractivity contribution is -0.0939. The molecule has 0 aromatic heterocycles. The fraction of sp³-hybridized carbons (Fsp3) is 0.900. The molecule has 2 atom stereocenters. The second-order valence-corrected chi connectivity index (χ2v) is 9.60. The quantitative estimate of drug-likeness (QED) is 0.577. The van der Waals surface area contributed by atoms with Gasteiger partial charge in [0, 0.05) is 44.8 Å². The molecule has 2 aliphatic heterocycles. The number of morpholine rings is 1. The van der Waals surface area contributed by atoms with Gasteiger partial charge in [0.25, 0.3) is 0 Å². The first kappa shape index (κ1) is 22.7. The first-order valence-corrected chi connectivity index (χ1v) is 10.3. The van der Waals surface area contributed by atoms with Crippen molar-refractivity contribution in [2.45, 2.75) is 71.8 Å². The fourth-order valence-electron chi connectivity index (χ4n) is 3.59. The van der Waals surface area contributed by atoms with Crippen LogP contribution in [0.25, 0.3) is 0 Å².